The first-order valence-corrected chi connectivity index (χ1v) is 9.95. The van der Waals surface area contributed by atoms with Gasteiger partial charge in [0, 0.05) is 64.4 Å². The van der Waals surface area contributed by atoms with Crippen molar-refractivity contribution < 1.29 is 24.5 Å². The molecule has 3 N–H and O–H groups in total. The van der Waals surface area contributed by atoms with Crippen LogP contribution in [0.3, 0.4) is 0 Å². The summed E-state index contributed by atoms with van der Waals surface area (Å²) in [5.74, 6) is 0.219. The second kappa shape index (κ2) is 13.5. The molecule has 1 aliphatic rings. The first kappa shape index (κ1) is 25.3. The molecule has 0 spiro atoms. The van der Waals surface area contributed by atoms with Crippen molar-refractivity contribution in [1.29, 1.82) is 0 Å². The van der Waals surface area contributed by atoms with Crippen LogP contribution >= 0.6 is 0 Å². The second-order valence-corrected chi connectivity index (χ2v) is 6.87. The second-order valence-electron chi connectivity index (χ2n) is 6.87. The normalized spacial score (nSPS) is 17.9. The molecule has 1 saturated heterocycles. The average molecular weight is 424 g/mol. The SMILES string of the molecule is CC(=O)O.CC(=O)O.CC[C@H]1C[C@H](n2ccnc2-c2nccn2CCOC)CCN1. The van der Waals surface area contributed by atoms with Crippen LogP contribution < -0.4 is 5.32 Å². The topological polar surface area (TPSA) is 132 Å². The fraction of sp³-hybridized carbons (Fsp3) is 0.600. The number of carbonyl (C=O) groups is 2. The molecule has 1 aliphatic heterocycles. The number of aliphatic carboxylic acids is 2. The summed E-state index contributed by atoms with van der Waals surface area (Å²) in [5, 5.41) is 18.4. The standard InChI is InChI=1S/C16H25N5O.2C2H4O2/c1-3-13-12-14(4-5-17-13)21-9-7-19-16(21)15-18-6-8-20(15)10-11-22-2;2*1-2(3)4/h6-9,13-14,17H,3-5,10-12H2,1-2H3;2*1H3,(H,3,4)/t13-,14+;;/m0../s1. The molecule has 168 valence electrons. The van der Waals surface area contributed by atoms with E-state index in [4.69, 9.17) is 24.5 Å². The largest absolute Gasteiger partial charge is 0.481 e. The van der Waals surface area contributed by atoms with Crippen molar-refractivity contribution in [2.45, 2.75) is 58.7 Å². The van der Waals surface area contributed by atoms with Crippen LogP contribution in [-0.4, -0.2) is 67.6 Å². The van der Waals surface area contributed by atoms with Gasteiger partial charge in [0.2, 0.25) is 0 Å². The Labute approximate surface area is 176 Å². The molecule has 0 aliphatic carbocycles. The minimum absolute atomic E-state index is 0.497. The number of piperidine rings is 1. The summed E-state index contributed by atoms with van der Waals surface area (Å²) in [7, 11) is 1.72. The highest BCUT2D eigenvalue weighted by atomic mass is 16.5. The Hall–Kier alpha value is -2.72. The zero-order valence-corrected chi connectivity index (χ0v) is 18.1. The van der Waals surface area contributed by atoms with E-state index in [1.54, 1.807) is 7.11 Å². The van der Waals surface area contributed by atoms with Gasteiger partial charge in [0.05, 0.1) is 6.61 Å². The van der Waals surface area contributed by atoms with Crippen molar-refractivity contribution in [2.75, 3.05) is 20.3 Å². The third kappa shape index (κ3) is 8.75. The minimum Gasteiger partial charge on any atom is -0.481 e. The Balaban J connectivity index is 0.000000485. The maximum Gasteiger partial charge on any atom is 0.300 e. The molecule has 0 aromatic carbocycles. The van der Waals surface area contributed by atoms with E-state index >= 15 is 0 Å². The minimum atomic E-state index is -0.833. The number of ether oxygens (including phenoxy) is 1. The van der Waals surface area contributed by atoms with Gasteiger partial charge in [0.25, 0.3) is 11.9 Å². The van der Waals surface area contributed by atoms with Crippen LogP contribution in [0, 0.1) is 0 Å². The van der Waals surface area contributed by atoms with Gasteiger partial charge in [-0.15, -0.1) is 0 Å². The van der Waals surface area contributed by atoms with Crippen LogP contribution in [0.4, 0.5) is 0 Å². The molecule has 0 saturated carbocycles. The zero-order valence-electron chi connectivity index (χ0n) is 18.1. The molecule has 0 radical (unpaired) electrons. The van der Waals surface area contributed by atoms with E-state index in [0.29, 0.717) is 18.7 Å². The van der Waals surface area contributed by atoms with E-state index < -0.39 is 11.9 Å². The van der Waals surface area contributed by atoms with Crippen LogP contribution in [0.25, 0.3) is 11.6 Å². The summed E-state index contributed by atoms with van der Waals surface area (Å²) >= 11 is 0. The number of hydrogen-bond acceptors (Lipinski definition) is 6. The lowest BCUT2D eigenvalue weighted by atomic mass is 9.97. The molecule has 0 unspecified atom stereocenters. The van der Waals surface area contributed by atoms with Gasteiger partial charge >= 0.3 is 0 Å². The number of nitrogens with zero attached hydrogens (tertiary/aromatic N) is 4. The summed E-state index contributed by atoms with van der Waals surface area (Å²) in [6, 6.07) is 1.10. The van der Waals surface area contributed by atoms with Crippen LogP contribution in [0.15, 0.2) is 24.8 Å². The molecular weight excluding hydrogens is 390 g/mol. The maximum atomic E-state index is 9.00. The van der Waals surface area contributed by atoms with Gasteiger partial charge in [-0.1, -0.05) is 6.92 Å². The smallest absolute Gasteiger partial charge is 0.300 e. The number of rotatable bonds is 6. The van der Waals surface area contributed by atoms with Gasteiger partial charge in [-0.3, -0.25) is 9.59 Å². The molecule has 2 aromatic rings. The lowest BCUT2D eigenvalue weighted by molar-refractivity contribution is -0.135. The Morgan fingerprint density at radius 2 is 1.77 bits per heavy atom. The summed E-state index contributed by atoms with van der Waals surface area (Å²) < 4.78 is 9.59. The van der Waals surface area contributed by atoms with Gasteiger partial charge in [-0.05, 0) is 25.8 Å². The maximum absolute atomic E-state index is 9.00. The van der Waals surface area contributed by atoms with Gasteiger partial charge < -0.3 is 29.4 Å². The number of nitrogens with one attached hydrogen (secondary N) is 1. The van der Waals surface area contributed by atoms with E-state index in [1.165, 1.54) is 6.42 Å². The van der Waals surface area contributed by atoms with Crippen molar-refractivity contribution >= 4 is 11.9 Å². The molecule has 10 nitrogen and oxygen atoms in total. The Bertz CT molecular complexity index is 753. The van der Waals surface area contributed by atoms with E-state index in [0.717, 1.165) is 51.4 Å². The monoisotopic (exact) mass is 423 g/mol. The van der Waals surface area contributed by atoms with Gasteiger partial charge in [-0.25, -0.2) is 9.97 Å². The van der Waals surface area contributed by atoms with Crippen molar-refractivity contribution in [3.8, 4) is 11.6 Å². The molecule has 30 heavy (non-hydrogen) atoms. The number of imidazole rings is 2. The predicted octanol–water partition coefficient (Wildman–Crippen LogP) is 2.28. The highest BCUT2D eigenvalue weighted by Gasteiger charge is 2.24. The summed E-state index contributed by atoms with van der Waals surface area (Å²) in [6.45, 7) is 6.95. The molecule has 3 rings (SSSR count). The van der Waals surface area contributed by atoms with E-state index in [1.807, 2.05) is 18.6 Å². The Morgan fingerprint density at radius 1 is 1.17 bits per heavy atom. The van der Waals surface area contributed by atoms with Crippen molar-refractivity contribution in [2.24, 2.45) is 0 Å². The zero-order chi connectivity index (χ0) is 22.5. The molecule has 2 atom stereocenters. The number of carboxylic acids is 2. The quantitative estimate of drug-likeness (QED) is 0.645. The van der Waals surface area contributed by atoms with E-state index in [9.17, 15) is 0 Å². The average Bonchev–Trinajstić information content (AvgIpc) is 3.34. The molecular formula is C20H33N5O5. The summed E-state index contributed by atoms with van der Waals surface area (Å²) in [4.78, 5) is 27.1. The highest BCUT2D eigenvalue weighted by Crippen LogP contribution is 2.28. The van der Waals surface area contributed by atoms with Gasteiger partial charge in [0.1, 0.15) is 0 Å². The highest BCUT2D eigenvalue weighted by molar-refractivity contribution is 5.63. The van der Waals surface area contributed by atoms with Crippen LogP contribution in [0.2, 0.25) is 0 Å². The number of hydrogen-bond donors (Lipinski definition) is 3. The van der Waals surface area contributed by atoms with E-state index in [-0.39, 0.29) is 0 Å². The third-order valence-corrected chi connectivity index (χ3v) is 4.47. The number of aromatic nitrogens is 4. The molecule has 2 aromatic heterocycles. The van der Waals surface area contributed by atoms with Crippen LogP contribution in [-0.2, 0) is 20.9 Å². The first-order valence-electron chi connectivity index (χ1n) is 9.95. The number of methoxy groups -OCH3 is 1. The first-order chi connectivity index (χ1) is 14.3. The van der Waals surface area contributed by atoms with Gasteiger partial charge in [0.15, 0.2) is 11.6 Å². The Morgan fingerprint density at radius 3 is 2.37 bits per heavy atom. The third-order valence-electron chi connectivity index (χ3n) is 4.47. The predicted molar refractivity (Wildman–Crippen MR) is 112 cm³/mol. The lowest BCUT2D eigenvalue weighted by Crippen LogP contribution is -2.38. The number of carboxylic acid groups (broad SMARTS) is 2. The Kier molecular flexibility index (Phi) is 11.4. The van der Waals surface area contributed by atoms with Crippen molar-refractivity contribution in [3.63, 3.8) is 0 Å². The van der Waals surface area contributed by atoms with Crippen LogP contribution in [0.5, 0.6) is 0 Å². The fourth-order valence-corrected chi connectivity index (χ4v) is 3.21. The molecule has 1 fully saturated rings. The summed E-state index contributed by atoms with van der Waals surface area (Å²) in [6.07, 6.45) is 11.3. The fourth-order valence-electron chi connectivity index (χ4n) is 3.21. The lowest BCUT2D eigenvalue weighted by Gasteiger charge is -2.31. The molecule has 0 amide bonds. The summed E-state index contributed by atoms with van der Waals surface area (Å²) in [5.41, 5.74) is 0. The van der Waals surface area contributed by atoms with E-state index in [2.05, 4.69) is 37.5 Å². The van der Waals surface area contributed by atoms with Crippen molar-refractivity contribution in [3.05, 3.63) is 24.8 Å². The van der Waals surface area contributed by atoms with Crippen molar-refractivity contribution in [1.82, 2.24) is 24.4 Å². The molecule has 10 heteroatoms. The molecule has 3 heterocycles. The van der Waals surface area contributed by atoms with Gasteiger partial charge in [-0.2, -0.15) is 0 Å². The molecule has 0 bridgehead atoms. The van der Waals surface area contributed by atoms with Crippen LogP contribution in [0.1, 0.15) is 46.1 Å².